The van der Waals surface area contributed by atoms with Gasteiger partial charge in [-0.05, 0) is 37.0 Å². The van der Waals surface area contributed by atoms with Gasteiger partial charge in [-0.3, -0.25) is 0 Å². The van der Waals surface area contributed by atoms with E-state index in [2.05, 4.69) is 17.5 Å². The summed E-state index contributed by atoms with van der Waals surface area (Å²) in [5.41, 5.74) is 8.83. The van der Waals surface area contributed by atoms with Gasteiger partial charge in [-0.1, -0.05) is 13.3 Å². The summed E-state index contributed by atoms with van der Waals surface area (Å²) in [5.74, 6) is 0.774. The van der Waals surface area contributed by atoms with Crippen molar-refractivity contribution in [3.63, 3.8) is 0 Å². The Hall–Kier alpha value is -1.06. The van der Waals surface area contributed by atoms with E-state index in [1.807, 2.05) is 0 Å². The van der Waals surface area contributed by atoms with E-state index in [9.17, 15) is 4.79 Å². The van der Waals surface area contributed by atoms with Crippen LogP contribution >= 0.6 is 0 Å². The number of hydrazone groups is 1. The summed E-state index contributed by atoms with van der Waals surface area (Å²) in [5, 5.41) is 4.04. The number of carbonyl (C=O) groups is 1. The SMILES string of the molecule is C[C@]12CCC[C@H]1C/C(=N/NC(N)=O)C2. The van der Waals surface area contributed by atoms with E-state index in [1.54, 1.807) is 0 Å². The lowest BCUT2D eigenvalue weighted by Gasteiger charge is -2.21. The highest BCUT2D eigenvalue weighted by Crippen LogP contribution is 2.52. The molecule has 78 valence electrons. The first-order valence-electron chi connectivity index (χ1n) is 5.21. The maximum Gasteiger partial charge on any atom is 0.332 e. The molecule has 0 aliphatic heterocycles. The fourth-order valence-corrected chi connectivity index (χ4v) is 2.93. The molecule has 2 fully saturated rings. The third-order valence-electron chi connectivity index (χ3n) is 3.70. The predicted molar refractivity (Wildman–Crippen MR) is 54.8 cm³/mol. The van der Waals surface area contributed by atoms with Crippen molar-refractivity contribution in [2.24, 2.45) is 22.2 Å². The Bertz CT molecular complexity index is 287. The van der Waals surface area contributed by atoms with Crippen LogP contribution < -0.4 is 11.2 Å². The summed E-state index contributed by atoms with van der Waals surface area (Å²) >= 11 is 0. The van der Waals surface area contributed by atoms with Crippen LogP contribution in [0.4, 0.5) is 4.79 Å². The molecule has 0 spiro atoms. The quantitative estimate of drug-likeness (QED) is 0.613. The molecule has 0 saturated heterocycles. The molecule has 14 heavy (non-hydrogen) atoms. The molecule has 4 nitrogen and oxygen atoms in total. The van der Waals surface area contributed by atoms with Crippen molar-refractivity contribution in [3.05, 3.63) is 0 Å². The van der Waals surface area contributed by atoms with Crippen molar-refractivity contribution in [2.45, 2.75) is 39.0 Å². The van der Waals surface area contributed by atoms with E-state index >= 15 is 0 Å². The molecule has 0 radical (unpaired) electrons. The Kier molecular flexibility index (Phi) is 2.21. The molecule has 0 aromatic heterocycles. The van der Waals surface area contributed by atoms with Crippen molar-refractivity contribution in [1.29, 1.82) is 0 Å². The van der Waals surface area contributed by atoms with Crippen molar-refractivity contribution >= 4 is 11.7 Å². The molecular weight excluding hydrogens is 178 g/mol. The molecule has 4 heteroatoms. The van der Waals surface area contributed by atoms with Gasteiger partial charge in [-0.25, -0.2) is 10.2 Å². The Morgan fingerprint density at radius 1 is 1.71 bits per heavy atom. The molecule has 2 saturated carbocycles. The first kappa shape index (κ1) is 9.49. The molecular formula is C10H17N3O. The molecule has 2 aliphatic carbocycles. The minimum absolute atomic E-state index is 0.443. The Morgan fingerprint density at radius 3 is 3.14 bits per heavy atom. The molecule has 2 atom stereocenters. The van der Waals surface area contributed by atoms with Gasteiger partial charge in [-0.15, -0.1) is 0 Å². The predicted octanol–water partition coefficient (Wildman–Crippen LogP) is 1.61. The average Bonchev–Trinajstić information content (AvgIpc) is 2.55. The fourth-order valence-electron chi connectivity index (χ4n) is 2.93. The molecule has 2 amide bonds. The maximum atomic E-state index is 10.5. The largest absolute Gasteiger partial charge is 0.350 e. The highest BCUT2D eigenvalue weighted by molar-refractivity contribution is 5.88. The van der Waals surface area contributed by atoms with Gasteiger partial charge in [0, 0.05) is 5.71 Å². The zero-order valence-corrected chi connectivity index (χ0v) is 8.55. The lowest BCUT2D eigenvalue weighted by Crippen LogP contribution is -2.25. The molecule has 0 aromatic carbocycles. The number of urea groups is 1. The lowest BCUT2D eigenvalue weighted by atomic mass is 9.83. The summed E-state index contributed by atoms with van der Waals surface area (Å²) < 4.78 is 0. The van der Waals surface area contributed by atoms with Gasteiger partial charge in [0.05, 0.1) is 0 Å². The zero-order chi connectivity index (χ0) is 10.2. The van der Waals surface area contributed by atoms with Gasteiger partial charge in [-0.2, -0.15) is 5.10 Å². The normalized spacial score (nSPS) is 38.6. The van der Waals surface area contributed by atoms with Gasteiger partial charge < -0.3 is 5.73 Å². The molecule has 2 aliphatic rings. The molecule has 0 unspecified atom stereocenters. The monoisotopic (exact) mass is 195 g/mol. The maximum absolute atomic E-state index is 10.5. The molecule has 3 N–H and O–H groups in total. The lowest BCUT2D eigenvalue weighted by molar-refractivity contribution is 0.249. The van der Waals surface area contributed by atoms with E-state index in [0.29, 0.717) is 5.41 Å². The third kappa shape index (κ3) is 1.61. The standard InChI is InChI=1S/C10H17N3O/c1-10-4-2-3-7(10)5-8(6-10)12-13-9(11)14/h7H,2-6H2,1H3,(H3,11,13,14)/b12-8-/t7-,10+/m0/s1. The highest BCUT2D eigenvalue weighted by atomic mass is 16.2. The number of amides is 2. The van der Waals surface area contributed by atoms with Gasteiger partial charge in [0.2, 0.25) is 0 Å². The number of nitrogens with zero attached hydrogens (tertiary/aromatic N) is 1. The van der Waals surface area contributed by atoms with Gasteiger partial charge in [0.1, 0.15) is 0 Å². The fraction of sp³-hybridized carbons (Fsp3) is 0.800. The zero-order valence-electron chi connectivity index (χ0n) is 8.55. The smallest absolute Gasteiger partial charge is 0.332 e. The van der Waals surface area contributed by atoms with Crippen LogP contribution in [0.25, 0.3) is 0 Å². The second-order valence-corrected chi connectivity index (χ2v) is 4.78. The van der Waals surface area contributed by atoms with Crippen molar-refractivity contribution in [3.8, 4) is 0 Å². The van der Waals surface area contributed by atoms with Crippen LogP contribution in [-0.2, 0) is 0 Å². The second kappa shape index (κ2) is 3.26. The Labute approximate surface area is 83.9 Å². The number of rotatable bonds is 1. The molecule has 0 heterocycles. The van der Waals surface area contributed by atoms with Crippen molar-refractivity contribution in [1.82, 2.24) is 5.43 Å². The van der Waals surface area contributed by atoms with Crippen molar-refractivity contribution < 1.29 is 4.79 Å². The van der Waals surface area contributed by atoms with Crippen LogP contribution in [0.1, 0.15) is 39.0 Å². The van der Waals surface area contributed by atoms with Gasteiger partial charge in [0.15, 0.2) is 0 Å². The number of fused-ring (bicyclic) bond motifs is 1. The van der Waals surface area contributed by atoms with Crippen LogP contribution in [0.5, 0.6) is 0 Å². The summed E-state index contributed by atoms with van der Waals surface area (Å²) in [6.45, 7) is 2.33. The van der Waals surface area contributed by atoms with Crippen molar-refractivity contribution in [2.75, 3.05) is 0 Å². The average molecular weight is 195 g/mol. The van der Waals surface area contributed by atoms with Crippen LogP contribution in [0.3, 0.4) is 0 Å². The molecule has 0 aromatic rings. The number of nitrogens with one attached hydrogen (secondary N) is 1. The number of carbonyl (C=O) groups excluding carboxylic acids is 1. The van der Waals surface area contributed by atoms with E-state index in [4.69, 9.17) is 5.73 Å². The van der Waals surface area contributed by atoms with Crippen LogP contribution in [-0.4, -0.2) is 11.7 Å². The first-order valence-corrected chi connectivity index (χ1v) is 5.21. The van der Waals surface area contributed by atoms with Crippen LogP contribution in [0, 0.1) is 11.3 Å². The summed E-state index contributed by atoms with van der Waals surface area (Å²) in [6, 6.07) is -0.570. The van der Waals surface area contributed by atoms with E-state index < -0.39 is 6.03 Å². The van der Waals surface area contributed by atoms with E-state index in [1.165, 1.54) is 19.3 Å². The van der Waals surface area contributed by atoms with Crippen LogP contribution in [0.2, 0.25) is 0 Å². The van der Waals surface area contributed by atoms with E-state index in [0.717, 1.165) is 24.5 Å². The van der Waals surface area contributed by atoms with Gasteiger partial charge in [0.25, 0.3) is 0 Å². The third-order valence-corrected chi connectivity index (χ3v) is 3.70. The number of primary amides is 1. The minimum Gasteiger partial charge on any atom is -0.350 e. The van der Waals surface area contributed by atoms with Gasteiger partial charge >= 0.3 is 6.03 Å². The first-order chi connectivity index (χ1) is 6.60. The summed E-state index contributed by atoms with van der Waals surface area (Å²) in [4.78, 5) is 10.5. The Morgan fingerprint density at radius 2 is 2.50 bits per heavy atom. The Balaban J connectivity index is 2.01. The summed E-state index contributed by atoms with van der Waals surface area (Å²) in [6.07, 6.45) is 6.02. The number of hydrogen-bond donors (Lipinski definition) is 2. The summed E-state index contributed by atoms with van der Waals surface area (Å²) in [7, 11) is 0. The number of hydrogen-bond acceptors (Lipinski definition) is 2. The molecule has 0 bridgehead atoms. The topological polar surface area (TPSA) is 67.5 Å². The second-order valence-electron chi connectivity index (χ2n) is 4.78. The highest BCUT2D eigenvalue weighted by Gasteiger charge is 2.45. The minimum atomic E-state index is -0.570. The number of nitrogens with two attached hydrogens (primary N) is 1. The molecule has 2 rings (SSSR count). The van der Waals surface area contributed by atoms with Crippen LogP contribution in [0.15, 0.2) is 5.10 Å². The van der Waals surface area contributed by atoms with E-state index in [-0.39, 0.29) is 0 Å².